The van der Waals surface area contributed by atoms with Crippen LogP contribution in [-0.4, -0.2) is 14.8 Å². The third-order valence-corrected chi connectivity index (χ3v) is 4.95. The van der Waals surface area contributed by atoms with Gasteiger partial charge in [-0.2, -0.15) is 5.10 Å². The van der Waals surface area contributed by atoms with Crippen LogP contribution in [0.4, 0.5) is 0 Å². The maximum atomic E-state index is 5.93. The van der Waals surface area contributed by atoms with E-state index >= 15 is 0 Å². The van der Waals surface area contributed by atoms with Gasteiger partial charge in [-0.05, 0) is 43.4 Å². The number of aromatic nitrogens is 3. The second kappa shape index (κ2) is 5.28. The van der Waals surface area contributed by atoms with Gasteiger partial charge in [-0.25, -0.2) is 9.67 Å². The van der Waals surface area contributed by atoms with Gasteiger partial charge in [-0.1, -0.05) is 23.7 Å². The predicted molar refractivity (Wildman–Crippen MR) is 86.3 cm³/mol. The Hall–Kier alpha value is -1.65. The van der Waals surface area contributed by atoms with Gasteiger partial charge in [0, 0.05) is 16.0 Å². The molecule has 0 aliphatic heterocycles. The van der Waals surface area contributed by atoms with Gasteiger partial charge in [-0.15, -0.1) is 11.3 Å². The van der Waals surface area contributed by atoms with Crippen LogP contribution in [0.15, 0.2) is 35.8 Å². The van der Waals surface area contributed by atoms with Gasteiger partial charge < -0.3 is 0 Å². The molecular formula is C16H14ClN3S. The number of hydrogen-bond donors (Lipinski definition) is 0. The van der Waals surface area contributed by atoms with Gasteiger partial charge >= 0.3 is 0 Å². The first-order valence-electron chi connectivity index (χ1n) is 7.09. The molecule has 4 rings (SSSR count). The van der Waals surface area contributed by atoms with E-state index in [0.29, 0.717) is 0 Å². The molecule has 5 heteroatoms. The first kappa shape index (κ1) is 13.0. The van der Waals surface area contributed by atoms with Crippen molar-refractivity contribution in [2.75, 3.05) is 0 Å². The van der Waals surface area contributed by atoms with E-state index in [4.69, 9.17) is 16.6 Å². The minimum absolute atomic E-state index is 0.746. The average molecular weight is 316 g/mol. The fourth-order valence-electron chi connectivity index (χ4n) is 2.77. The maximum absolute atomic E-state index is 5.93. The van der Waals surface area contributed by atoms with E-state index in [1.54, 1.807) is 11.3 Å². The van der Waals surface area contributed by atoms with Crippen LogP contribution in [0.25, 0.3) is 16.4 Å². The molecule has 0 saturated carbocycles. The molecule has 1 aliphatic rings. The smallest absolute Gasteiger partial charge is 0.211 e. The topological polar surface area (TPSA) is 30.7 Å². The highest BCUT2D eigenvalue weighted by molar-refractivity contribution is 7.12. The summed E-state index contributed by atoms with van der Waals surface area (Å²) in [6.07, 6.45) is 6.76. The summed E-state index contributed by atoms with van der Waals surface area (Å²) in [5.41, 5.74) is 4.78. The number of aryl methyl sites for hydroxylation is 1. The first-order chi connectivity index (χ1) is 10.3. The van der Waals surface area contributed by atoms with E-state index in [9.17, 15) is 0 Å². The van der Waals surface area contributed by atoms with Crippen molar-refractivity contribution in [1.82, 2.24) is 14.8 Å². The van der Waals surface area contributed by atoms with Crippen LogP contribution < -0.4 is 0 Å². The van der Waals surface area contributed by atoms with Gasteiger partial charge in [0.05, 0.1) is 17.6 Å². The highest BCUT2D eigenvalue weighted by atomic mass is 35.5. The zero-order valence-electron chi connectivity index (χ0n) is 11.4. The number of fused-ring (bicyclic) bond motifs is 1. The standard InChI is InChI=1S/C16H14ClN3S/c17-13-7-5-11(6-8-13)14-10-21-16(19-14)20-15-4-2-1-3-12(15)9-18-20/h5-10H,1-4H2. The SMILES string of the molecule is Clc1ccc(-c2csc(-n3ncc4c3CCCC4)n2)cc1. The summed E-state index contributed by atoms with van der Waals surface area (Å²) in [6.45, 7) is 0. The molecule has 1 aromatic carbocycles. The Balaban J connectivity index is 1.71. The van der Waals surface area contributed by atoms with E-state index in [1.807, 2.05) is 35.1 Å². The molecule has 0 saturated heterocycles. The quantitative estimate of drug-likeness (QED) is 0.695. The summed E-state index contributed by atoms with van der Waals surface area (Å²) in [4.78, 5) is 4.74. The fourth-order valence-corrected chi connectivity index (χ4v) is 3.71. The van der Waals surface area contributed by atoms with Gasteiger partial charge in [0.2, 0.25) is 5.13 Å². The van der Waals surface area contributed by atoms with E-state index in [2.05, 4.69) is 10.5 Å². The fraction of sp³-hybridized carbons (Fsp3) is 0.250. The molecule has 0 N–H and O–H groups in total. The monoisotopic (exact) mass is 315 g/mol. The zero-order valence-corrected chi connectivity index (χ0v) is 13.0. The van der Waals surface area contributed by atoms with E-state index in [-0.39, 0.29) is 0 Å². The van der Waals surface area contributed by atoms with Gasteiger partial charge in [-0.3, -0.25) is 0 Å². The van der Waals surface area contributed by atoms with E-state index in [0.717, 1.165) is 34.3 Å². The second-order valence-electron chi connectivity index (χ2n) is 5.26. The van der Waals surface area contributed by atoms with Crippen molar-refractivity contribution in [3.8, 4) is 16.4 Å². The van der Waals surface area contributed by atoms with Crippen LogP contribution in [0, 0.1) is 0 Å². The number of nitrogens with zero attached hydrogens (tertiary/aromatic N) is 3. The van der Waals surface area contributed by atoms with Crippen molar-refractivity contribution in [2.45, 2.75) is 25.7 Å². The normalized spacial score (nSPS) is 14.1. The summed E-state index contributed by atoms with van der Waals surface area (Å²) in [7, 11) is 0. The Morgan fingerprint density at radius 1 is 1.10 bits per heavy atom. The van der Waals surface area contributed by atoms with Crippen molar-refractivity contribution in [3.05, 3.63) is 52.1 Å². The van der Waals surface area contributed by atoms with Gasteiger partial charge in [0.1, 0.15) is 0 Å². The Morgan fingerprint density at radius 3 is 2.76 bits per heavy atom. The molecule has 2 aromatic heterocycles. The molecule has 0 spiro atoms. The summed E-state index contributed by atoms with van der Waals surface area (Å²) in [5, 5.41) is 8.30. The summed E-state index contributed by atoms with van der Waals surface area (Å²) in [5.74, 6) is 0. The van der Waals surface area contributed by atoms with Crippen molar-refractivity contribution in [1.29, 1.82) is 0 Å². The number of halogens is 1. The van der Waals surface area contributed by atoms with Gasteiger partial charge in [0.15, 0.2) is 0 Å². The molecule has 0 atom stereocenters. The zero-order chi connectivity index (χ0) is 14.2. The van der Waals surface area contributed by atoms with Crippen LogP contribution >= 0.6 is 22.9 Å². The van der Waals surface area contributed by atoms with E-state index in [1.165, 1.54) is 24.1 Å². The molecule has 1 aliphatic carbocycles. The highest BCUT2D eigenvalue weighted by Gasteiger charge is 2.17. The van der Waals surface area contributed by atoms with Crippen LogP contribution in [-0.2, 0) is 12.8 Å². The second-order valence-corrected chi connectivity index (χ2v) is 6.53. The van der Waals surface area contributed by atoms with Crippen molar-refractivity contribution in [3.63, 3.8) is 0 Å². The largest absolute Gasteiger partial charge is 0.218 e. The van der Waals surface area contributed by atoms with Crippen molar-refractivity contribution in [2.24, 2.45) is 0 Å². The average Bonchev–Trinajstić information content (AvgIpc) is 3.14. The lowest BCUT2D eigenvalue weighted by Crippen LogP contribution is -2.07. The predicted octanol–water partition coefficient (Wildman–Crippen LogP) is 4.53. The molecule has 21 heavy (non-hydrogen) atoms. The number of rotatable bonds is 2. The van der Waals surface area contributed by atoms with Crippen molar-refractivity contribution >= 4 is 22.9 Å². The minimum Gasteiger partial charge on any atom is -0.218 e. The molecular weight excluding hydrogens is 302 g/mol. The Bertz CT molecular complexity index is 773. The molecule has 106 valence electrons. The molecule has 0 amide bonds. The Kier molecular flexibility index (Phi) is 3.28. The first-order valence-corrected chi connectivity index (χ1v) is 8.34. The van der Waals surface area contributed by atoms with Crippen LogP contribution in [0.5, 0.6) is 0 Å². The number of hydrogen-bond acceptors (Lipinski definition) is 3. The molecule has 0 unspecified atom stereocenters. The lowest BCUT2D eigenvalue weighted by Gasteiger charge is -2.11. The molecule has 3 aromatic rings. The third-order valence-electron chi connectivity index (χ3n) is 3.88. The van der Waals surface area contributed by atoms with Gasteiger partial charge in [0.25, 0.3) is 0 Å². The summed E-state index contributed by atoms with van der Waals surface area (Å²) >= 11 is 7.57. The van der Waals surface area contributed by atoms with Crippen LogP contribution in [0.1, 0.15) is 24.1 Å². The summed E-state index contributed by atoms with van der Waals surface area (Å²) in [6, 6.07) is 7.79. The van der Waals surface area contributed by atoms with Crippen LogP contribution in [0.3, 0.4) is 0 Å². The summed E-state index contributed by atoms with van der Waals surface area (Å²) < 4.78 is 2.01. The van der Waals surface area contributed by atoms with Crippen LogP contribution in [0.2, 0.25) is 5.02 Å². The third kappa shape index (κ3) is 2.39. The van der Waals surface area contributed by atoms with E-state index < -0.39 is 0 Å². The molecule has 2 heterocycles. The Labute approximate surface area is 132 Å². The number of benzene rings is 1. The Morgan fingerprint density at radius 2 is 1.90 bits per heavy atom. The maximum Gasteiger partial charge on any atom is 0.211 e. The molecule has 0 radical (unpaired) electrons. The lowest BCUT2D eigenvalue weighted by atomic mass is 9.98. The van der Waals surface area contributed by atoms with Crippen molar-refractivity contribution < 1.29 is 0 Å². The number of thiazole rings is 1. The molecule has 3 nitrogen and oxygen atoms in total. The highest BCUT2D eigenvalue weighted by Crippen LogP contribution is 2.28. The lowest BCUT2D eigenvalue weighted by molar-refractivity contribution is 0.652. The molecule has 0 fully saturated rings. The molecule has 0 bridgehead atoms. The minimum atomic E-state index is 0.746.